The number of unbranched alkanes of at least 4 members (excludes halogenated alkanes) is 2. The molecule has 0 bridgehead atoms. The van der Waals surface area contributed by atoms with E-state index in [1.807, 2.05) is 0 Å². The predicted octanol–water partition coefficient (Wildman–Crippen LogP) is 2.79. The lowest BCUT2D eigenvalue weighted by atomic mass is 10.2. The number of nitro benzene ring substituents is 1. The molecule has 1 rings (SSSR count). The van der Waals surface area contributed by atoms with E-state index in [4.69, 9.17) is 28.3 Å². The van der Waals surface area contributed by atoms with E-state index < -0.39 is 16.5 Å². The molecule has 0 spiro atoms. The lowest BCUT2D eigenvalue weighted by Gasteiger charge is -2.06. The molecule has 110 valence electrons. The van der Waals surface area contributed by atoms with Gasteiger partial charge in [-0.25, -0.2) is 0 Å². The summed E-state index contributed by atoms with van der Waals surface area (Å²) in [5.74, 6) is -0.448. The molecule has 0 aromatic heterocycles. The number of nitro groups is 1. The number of carbonyl (C=O) groups excluding carboxylic acids is 1. The molecule has 0 atom stereocenters. The fourth-order valence-corrected chi connectivity index (χ4v) is 1.95. The first kappa shape index (κ1) is 16.7. The Hall–Kier alpha value is -1.37. The third-order valence-corrected chi connectivity index (χ3v) is 3.38. The summed E-state index contributed by atoms with van der Waals surface area (Å²) in [6, 6.07) is 2.39. The Morgan fingerprint density at radius 1 is 1.30 bits per heavy atom. The van der Waals surface area contributed by atoms with Gasteiger partial charge in [-0.3, -0.25) is 14.9 Å². The molecule has 0 unspecified atom stereocenters. The van der Waals surface area contributed by atoms with Crippen LogP contribution < -0.4 is 5.32 Å². The normalized spacial score (nSPS) is 10.3. The standard InChI is InChI=1S/C12H14Cl2N2O4/c13-9-6-8(7-10(11(9)14)16(19)20)12(18)15-4-2-1-3-5-17/h6-7,17H,1-5H2,(H,15,18). The number of amides is 1. The van der Waals surface area contributed by atoms with Gasteiger partial charge in [0.1, 0.15) is 5.02 Å². The molecular formula is C12H14Cl2N2O4. The SMILES string of the molecule is O=C(NCCCCCO)c1cc(Cl)c(Cl)c([N+](=O)[O-])c1. The monoisotopic (exact) mass is 320 g/mol. The van der Waals surface area contributed by atoms with E-state index in [2.05, 4.69) is 5.32 Å². The summed E-state index contributed by atoms with van der Waals surface area (Å²) in [6.45, 7) is 0.541. The molecule has 8 heteroatoms. The Bertz CT molecular complexity index is 508. The summed E-state index contributed by atoms with van der Waals surface area (Å²) in [4.78, 5) is 21.9. The maximum Gasteiger partial charge on any atom is 0.290 e. The van der Waals surface area contributed by atoms with E-state index in [-0.39, 0.29) is 22.2 Å². The average Bonchev–Trinajstić information content (AvgIpc) is 2.40. The Morgan fingerprint density at radius 3 is 2.60 bits per heavy atom. The summed E-state index contributed by atoms with van der Waals surface area (Å²) in [6.07, 6.45) is 2.18. The van der Waals surface area contributed by atoms with Crippen LogP contribution >= 0.6 is 23.2 Å². The Balaban J connectivity index is 2.71. The van der Waals surface area contributed by atoms with E-state index in [1.54, 1.807) is 0 Å². The second-order valence-corrected chi connectivity index (χ2v) is 4.87. The summed E-state index contributed by atoms with van der Waals surface area (Å²) in [5.41, 5.74) is -0.308. The van der Waals surface area contributed by atoms with Crippen molar-refractivity contribution in [1.82, 2.24) is 5.32 Å². The summed E-state index contributed by atoms with van der Waals surface area (Å²) >= 11 is 11.5. The maximum atomic E-state index is 11.8. The van der Waals surface area contributed by atoms with Gasteiger partial charge in [0, 0.05) is 24.8 Å². The molecule has 6 nitrogen and oxygen atoms in total. The van der Waals surface area contributed by atoms with Gasteiger partial charge in [-0.1, -0.05) is 23.2 Å². The van der Waals surface area contributed by atoms with Gasteiger partial charge in [-0.2, -0.15) is 0 Å². The lowest BCUT2D eigenvalue weighted by Crippen LogP contribution is -2.24. The zero-order valence-electron chi connectivity index (χ0n) is 10.6. The van der Waals surface area contributed by atoms with Crippen LogP contribution in [-0.4, -0.2) is 29.1 Å². The van der Waals surface area contributed by atoms with E-state index in [0.29, 0.717) is 13.0 Å². The maximum absolute atomic E-state index is 11.8. The number of benzene rings is 1. The van der Waals surface area contributed by atoms with Gasteiger partial charge in [0.2, 0.25) is 0 Å². The molecular weight excluding hydrogens is 307 g/mol. The highest BCUT2D eigenvalue weighted by Crippen LogP contribution is 2.32. The predicted molar refractivity (Wildman–Crippen MR) is 76.4 cm³/mol. The van der Waals surface area contributed by atoms with Gasteiger partial charge in [-0.05, 0) is 25.3 Å². The van der Waals surface area contributed by atoms with E-state index >= 15 is 0 Å². The summed E-state index contributed by atoms with van der Waals surface area (Å²) < 4.78 is 0. The molecule has 1 aromatic carbocycles. The minimum Gasteiger partial charge on any atom is -0.396 e. The van der Waals surface area contributed by atoms with Crippen molar-refractivity contribution >= 4 is 34.8 Å². The first-order valence-corrected chi connectivity index (χ1v) is 6.75. The van der Waals surface area contributed by atoms with Gasteiger partial charge in [-0.15, -0.1) is 0 Å². The van der Waals surface area contributed by atoms with Crippen molar-refractivity contribution in [1.29, 1.82) is 0 Å². The van der Waals surface area contributed by atoms with Crippen LogP contribution in [-0.2, 0) is 0 Å². The number of nitrogens with one attached hydrogen (secondary N) is 1. The smallest absolute Gasteiger partial charge is 0.290 e. The van der Waals surface area contributed by atoms with Crippen LogP contribution in [0.1, 0.15) is 29.6 Å². The van der Waals surface area contributed by atoms with Crippen molar-refractivity contribution in [2.75, 3.05) is 13.2 Å². The van der Waals surface area contributed by atoms with Gasteiger partial charge >= 0.3 is 0 Å². The minimum atomic E-state index is -0.688. The zero-order chi connectivity index (χ0) is 15.1. The Kier molecular flexibility index (Phi) is 6.70. The molecule has 0 aliphatic rings. The topological polar surface area (TPSA) is 92.5 Å². The number of rotatable bonds is 7. The molecule has 0 radical (unpaired) electrons. The molecule has 0 saturated carbocycles. The zero-order valence-corrected chi connectivity index (χ0v) is 12.1. The average molecular weight is 321 g/mol. The highest BCUT2D eigenvalue weighted by Gasteiger charge is 2.19. The number of aliphatic hydroxyl groups excluding tert-OH is 1. The number of halogens is 2. The van der Waals surface area contributed by atoms with Crippen molar-refractivity contribution in [3.8, 4) is 0 Å². The minimum absolute atomic E-state index is 0.0358. The molecule has 0 aliphatic heterocycles. The van der Waals surface area contributed by atoms with Crippen molar-refractivity contribution in [2.45, 2.75) is 19.3 Å². The van der Waals surface area contributed by atoms with Crippen LogP contribution in [0.3, 0.4) is 0 Å². The molecule has 0 heterocycles. The largest absolute Gasteiger partial charge is 0.396 e. The molecule has 0 aliphatic carbocycles. The first-order valence-electron chi connectivity index (χ1n) is 6.00. The van der Waals surface area contributed by atoms with Crippen LogP contribution in [0.15, 0.2) is 12.1 Å². The Morgan fingerprint density at radius 2 is 2.00 bits per heavy atom. The Labute approximate surface area is 125 Å². The van der Waals surface area contributed by atoms with Crippen LogP contribution in [0.5, 0.6) is 0 Å². The van der Waals surface area contributed by atoms with Crippen molar-refractivity contribution in [3.63, 3.8) is 0 Å². The number of hydrogen-bond donors (Lipinski definition) is 2. The first-order chi connectivity index (χ1) is 9.47. The number of aliphatic hydroxyl groups is 1. The van der Waals surface area contributed by atoms with Crippen molar-refractivity contribution < 1.29 is 14.8 Å². The fourth-order valence-electron chi connectivity index (χ4n) is 1.56. The molecule has 0 fully saturated rings. The van der Waals surface area contributed by atoms with Crippen LogP contribution in [0.2, 0.25) is 10.0 Å². The van der Waals surface area contributed by atoms with Gasteiger partial charge in [0.25, 0.3) is 11.6 Å². The van der Waals surface area contributed by atoms with Crippen LogP contribution in [0.25, 0.3) is 0 Å². The van der Waals surface area contributed by atoms with Gasteiger partial charge in [0.05, 0.1) is 9.95 Å². The van der Waals surface area contributed by atoms with E-state index in [1.165, 1.54) is 6.07 Å². The highest BCUT2D eigenvalue weighted by molar-refractivity contribution is 6.43. The van der Waals surface area contributed by atoms with Crippen molar-refractivity contribution in [3.05, 3.63) is 37.9 Å². The molecule has 1 amide bonds. The summed E-state index contributed by atoms with van der Waals surface area (Å²) in [7, 11) is 0. The number of carbonyl (C=O) groups is 1. The molecule has 20 heavy (non-hydrogen) atoms. The molecule has 1 aromatic rings. The third kappa shape index (κ3) is 4.63. The van der Waals surface area contributed by atoms with Crippen LogP contribution in [0, 0.1) is 10.1 Å². The summed E-state index contributed by atoms with van der Waals surface area (Å²) in [5, 5.41) is 21.8. The quantitative estimate of drug-likeness (QED) is 0.459. The van der Waals surface area contributed by atoms with Gasteiger partial charge in [0.15, 0.2) is 0 Å². The van der Waals surface area contributed by atoms with E-state index in [0.717, 1.165) is 18.9 Å². The highest BCUT2D eigenvalue weighted by atomic mass is 35.5. The second-order valence-electron chi connectivity index (χ2n) is 4.09. The third-order valence-electron chi connectivity index (χ3n) is 2.59. The van der Waals surface area contributed by atoms with Crippen molar-refractivity contribution in [2.24, 2.45) is 0 Å². The lowest BCUT2D eigenvalue weighted by molar-refractivity contribution is -0.384. The van der Waals surface area contributed by atoms with Crippen LogP contribution in [0.4, 0.5) is 5.69 Å². The molecule has 0 saturated heterocycles. The fraction of sp³-hybridized carbons (Fsp3) is 0.417. The molecule has 2 N–H and O–H groups in total. The number of nitrogens with zero attached hydrogens (tertiary/aromatic N) is 1. The van der Waals surface area contributed by atoms with Gasteiger partial charge < -0.3 is 10.4 Å². The number of hydrogen-bond acceptors (Lipinski definition) is 4. The second kappa shape index (κ2) is 8.04. The van der Waals surface area contributed by atoms with E-state index in [9.17, 15) is 14.9 Å².